The summed E-state index contributed by atoms with van der Waals surface area (Å²) in [5, 5.41) is 9.47. The van der Waals surface area contributed by atoms with Crippen LogP contribution < -0.4 is 4.74 Å². The van der Waals surface area contributed by atoms with Crippen LogP contribution in [0.25, 0.3) is 0 Å². The summed E-state index contributed by atoms with van der Waals surface area (Å²) in [6, 6.07) is 5.77. The zero-order valence-corrected chi connectivity index (χ0v) is 18.1. The Balaban J connectivity index is 1.56. The highest BCUT2D eigenvalue weighted by molar-refractivity contribution is 5.33. The molecule has 1 fully saturated rings. The highest BCUT2D eigenvalue weighted by Gasteiger charge is 2.27. The van der Waals surface area contributed by atoms with E-state index in [-0.39, 0.29) is 42.1 Å². The highest BCUT2D eigenvalue weighted by Crippen LogP contribution is 2.37. The van der Waals surface area contributed by atoms with Gasteiger partial charge in [0.15, 0.2) is 23.2 Å². The maximum absolute atomic E-state index is 14.6. The van der Waals surface area contributed by atoms with Gasteiger partial charge in [-0.15, -0.1) is 6.58 Å². The van der Waals surface area contributed by atoms with E-state index < -0.39 is 29.4 Å². The van der Waals surface area contributed by atoms with Crippen LogP contribution >= 0.6 is 0 Å². The van der Waals surface area contributed by atoms with Gasteiger partial charge >= 0.3 is 0 Å². The Labute approximate surface area is 185 Å². The molecule has 1 N–H and O–H groups in total. The van der Waals surface area contributed by atoms with Crippen molar-refractivity contribution in [2.24, 2.45) is 0 Å². The summed E-state index contributed by atoms with van der Waals surface area (Å²) >= 11 is 0. The van der Waals surface area contributed by atoms with E-state index in [1.54, 1.807) is 12.1 Å². The second kappa shape index (κ2) is 11.0. The normalized spacial score (nSPS) is 19.6. The first-order chi connectivity index (χ1) is 15.3. The van der Waals surface area contributed by atoms with Crippen LogP contribution in [0.2, 0.25) is 0 Å². The van der Waals surface area contributed by atoms with Crippen LogP contribution in [0.15, 0.2) is 36.9 Å². The van der Waals surface area contributed by atoms with Gasteiger partial charge in [-0.3, -0.25) is 0 Å². The lowest BCUT2D eigenvalue weighted by Gasteiger charge is -2.29. The van der Waals surface area contributed by atoms with E-state index >= 15 is 0 Å². The fourth-order valence-electron chi connectivity index (χ4n) is 4.01. The fourth-order valence-corrected chi connectivity index (χ4v) is 4.01. The molecular formula is C25H28F4O3. The standard InChI is InChI=1S/C25H28F4O3/c1-3-4-13-31-21-12-11-20(24(28)25(21)29)16-5-8-18(9-6-16)32-14-17-7-10-19(15(2)30)23(27)22(17)26/h3,7,10-12,15-16,18,30H,1,4-6,8-9,13-14H2,2H3. The summed E-state index contributed by atoms with van der Waals surface area (Å²) in [5.74, 6) is -4.22. The minimum atomic E-state index is -1.10. The molecule has 3 nitrogen and oxygen atoms in total. The second-order valence-electron chi connectivity index (χ2n) is 8.11. The molecule has 0 saturated heterocycles. The molecule has 7 heteroatoms. The van der Waals surface area contributed by atoms with Gasteiger partial charge in [0.1, 0.15) is 0 Å². The van der Waals surface area contributed by atoms with Crippen molar-refractivity contribution in [1.82, 2.24) is 0 Å². The maximum atomic E-state index is 14.6. The molecule has 174 valence electrons. The predicted octanol–water partition coefficient (Wildman–Crippen LogP) is 6.49. The highest BCUT2D eigenvalue weighted by atomic mass is 19.2. The summed E-state index contributed by atoms with van der Waals surface area (Å²) in [7, 11) is 0. The van der Waals surface area contributed by atoms with Gasteiger partial charge in [0.25, 0.3) is 0 Å². The molecular weight excluding hydrogens is 424 g/mol. The largest absolute Gasteiger partial charge is 0.490 e. The average molecular weight is 452 g/mol. The first-order valence-electron chi connectivity index (χ1n) is 10.8. The molecule has 0 spiro atoms. The Morgan fingerprint density at radius 1 is 1.00 bits per heavy atom. The lowest BCUT2D eigenvalue weighted by atomic mass is 9.82. The van der Waals surface area contributed by atoms with Gasteiger partial charge in [0.2, 0.25) is 5.82 Å². The van der Waals surface area contributed by atoms with Crippen LogP contribution in [0.5, 0.6) is 5.75 Å². The number of benzene rings is 2. The molecule has 0 aromatic heterocycles. The lowest BCUT2D eigenvalue weighted by molar-refractivity contribution is 0.0116. The molecule has 2 aromatic rings. The Bertz CT molecular complexity index is 937. The molecule has 1 aliphatic carbocycles. The molecule has 0 amide bonds. The van der Waals surface area contributed by atoms with Gasteiger partial charge in [0, 0.05) is 11.1 Å². The quantitative estimate of drug-likeness (QED) is 0.268. The number of aliphatic hydroxyl groups excluding tert-OH is 1. The van der Waals surface area contributed by atoms with E-state index in [0.29, 0.717) is 37.7 Å². The summed E-state index contributed by atoms with van der Waals surface area (Å²) in [6.07, 6.45) is 3.27. The minimum Gasteiger partial charge on any atom is -0.490 e. The molecule has 32 heavy (non-hydrogen) atoms. The molecule has 1 aliphatic rings. The third kappa shape index (κ3) is 5.51. The zero-order chi connectivity index (χ0) is 23.3. The van der Waals surface area contributed by atoms with E-state index in [2.05, 4.69) is 6.58 Å². The summed E-state index contributed by atoms with van der Waals surface area (Å²) in [4.78, 5) is 0. The number of ether oxygens (including phenoxy) is 2. The van der Waals surface area contributed by atoms with Crippen LogP contribution in [0.3, 0.4) is 0 Å². The third-order valence-corrected chi connectivity index (χ3v) is 5.89. The van der Waals surface area contributed by atoms with E-state index in [1.807, 2.05) is 0 Å². The van der Waals surface area contributed by atoms with Gasteiger partial charge in [-0.05, 0) is 56.6 Å². The summed E-state index contributed by atoms with van der Waals surface area (Å²) < 4.78 is 68.2. The Morgan fingerprint density at radius 3 is 2.38 bits per heavy atom. The molecule has 1 atom stereocenters. The van der Waals surface area contributed by atoms with Gasteiger partial charge in [-0.2, -0.15) is 4.39 Å². The number of hydrogen-bond donors (Lipinski definition) is 1. The Kier molecular flexibility index (Phi) is 8.32. The van der Waals surface area contributed by atoms with Crippen molar-refractivity contribution in [1.29, 1.82) is 0 Å². The van der Waals surface area contributed by atoms with Crippen molar-refractivity contribution in [3.63, 3.8) is 0 Å². The summed E-state index contributed by atoms with van der Waals surface area (Å²) in [5.41, 5.74) is 0.297. The smallest absolute Gasteiger partial charge is 0.200 e. The zero-order valence-electron chi connectivity index (χ0n) is 18.1. The van der Waals surface area contributed by atoms with Crippen molar-refractivity contribution >= 4 is 0 Å². The number of rotatable bonds is 9. The molecule has 0 bridgehead atoms. The van der Waals surface area contributed by atoms with Crippen molar-refractivity contribution in [3.05, 3.63) is 76.9 Å². The molecule has 3 rings (SSSR count). The molecule has 1 unspecified atom stereocenters. The second-order valence-corrected chi connectivity index (χ2v) is 8.11. The average Bonchev–Trinajstić information content (AvgIpc) is 2.78. The van der Waals surface area contributed by atoms with Crippen molar-refractivity contribution in [3.8, 4) is 5.75 Å². The third-order valence-electron chi connectivity index (χ3n) is 5.89. The van der Waals surface area contributed by atoms with Crippen LogP contribution in [0.4, 0.5) is 17.6 Å². The van der Waals surface area contributed by atoms with E-state index in [1.165, 1.54) is 25.1 Å². The minimum absolute atomic E-state index is 0.0779. The van der Waals surface area contributed by atoms with Crippen LogP contribution in [0, 0.1) is 23.3 Å². The first-order valence-corrected chi connectivity index (χ1v) is 10.8. The van der Waals surface area contributed by atoms with Gasteiger partial charge in [0.05, 0.1) is 25.4 Å². The van der Waals surface area contributed by atoms with E-state index in [4.69, 9.17) is 9.47 Å². The molecule has 0 aliphatic heterocycles. The SMILES string of the molecule is C=CCCOc1ccc(C2CCC(OCc3ccc(C(C)O)c(F)c3F)CC2)c(F)c1F. The van der Waals surface area contributed by atoms with E-state index in [9.17, 15) is 22.7 Å². The lowest BCUT2D eigenvalue weighted by Crippen LogP contribution is -2.22. The Morgan fingerprint density at radius 2 is 1.72 bits per heavy atom. The van der Waals surface area contributed by atoms with Crippen molar-refractivity contribution in [2.75, 3.05) is 6.61 Å². The summed E-state index contributed by atoms with van der Waals surface area (Å²) in [6.45, 7) is 5.06. The van der Waals surface area contributed by atoms with Crippen molar-refractivity contribution < 1.29 is 32.1 Å². The molecule has 0 heterocycles. The van der Waals surface area contributed by atoms with Crippen LogP contribution in [-0.2, 0) is 11.3 Å². The van der Waals surface area contributed by atoms with E-state index in [0.717, 1.165) is 0 Å². The van der Waals surface area contributed by atoms with Gasteiger partial charge < -0.3 is 14.6 Å². The van der Waals surface area contributed by atoms with Crippen LogP contribution in [0.1, 0.15) is 67.7 Å². The van der Waals surface area contributed by atoms with Crippen LogP contribution in [-0.4, -0.2) is 17.8 Å². The number of halogens is 4. The molecule has 1 saturated carbocycles. The first kappa shape index (κ1) is 24.3. The maximum Gasteiger partial charge on any atom is 0.200 e. The monoisotopic (exact) mass is 452 g/mol. The number of hydrogen-bond acceptors (Lipinski definition) is 3. The number of aliphatic hydroxyl groups is 1. The van der Waals surface area contributed by atoms with Gasteiger partial charge in [-0.25, -0.2) is 13.2 Å². The Hall–Kier alpha value is -2.38. The predicted molar refractivity (Wildman–Crippen MR) is 113 cm³/mol. The molecule has 0 radical (unpaired) electrons. The van der Waals surface area contributed by atoms with Crippen molar-refractivity contribution in [2.45, 2.75) is 63.8 Å². The molecule has 2 aromatic carbocycles. The topological polar surface area (TPSA) is 38.7 Å². The fraction of sp³-hybridized carbons (Fsp3) is 0.440. The van der Waals surface area contributed by atoms with Gasteiger partial charge in [-0.1, -0.05) is 24.3 Å².